The van der Waals surface area contributed by atoms with Crippen LogP contribution in [0.4, 0.5) is 0 Å². The molecule has 3 heterocycles. The van der Waals surface area contributed by atoms with Gasteiger partial charge in [0.25, 0.3) is 0 Å². The molecule has 0 aliphatic carbocycles. The lowest BCUT2D eigenvalue weighted by atomic mass is 10.0. The molecule has 0 saturated heterocycles. The van der Waals surface area contributed by atoms with Crippen LogP contribution in [0, 0.1) is 6.92 Å². The van der Waals surface area contributed by atoms with Crippen LogP contribution in [0.25, 0.3) is 5.76 Å². The highest BCUT2D eigenvalue weighted by molar-refractivity contribution is 6.06. The molecule has 0 unspecified atom stereocenters. The predicted molar refractivity (Wildman–Crippen MR) is 81.8 cm³/mol. The van der Waals surface area contributed by atoms with Crippen LogP contribution in [0.5, 0.6) is 0 Å². The van der Waals surface area contributed by atoms with Crippen molar-refractivity contribution in [2.75, 3.05) is 0 Å². The van der Waals surface area contributed by atoms with E-state index in [1.54, 1.807) is 12.4 Å². The number of pyridine rings is 1. The standard InChI is InChI=1S/C16H14N4O3/c1-10-8-23-15(12(10)6-11-2-4-17-5-3-11)13(21)7-14(22)16-18-9-19-20-16/h2-5,7-9,22H,6H2,1H3,(H,18,19,20). The smallest absolute Gasteiger partial charge is 0.225 e. The number of aromatic amines is 1. The molecule has 0 spiro atoms. The molecule has 0 amide bonds. The van der Waals surface area contributed by atoms with Crippen molar-refractivity contribution < 1.29 is 14.3 Å². The monoisotopic (exact) mass is 310 g/mol. The van der Waals surface area contributed by atoms with Crippen molar-refractivity contribution >= 4 is 11.5 Å². The third-order valence-electron chi connectivity index (χ3n) is 3.38. The number of nitrogens with zero attached hydrogens (tertiary/aromatic N) is 3. The van der Waals surface area contributed by atoms with E-state index in [-0.39, 0.29) is 17.3 Å². The molecule has 7 heteroatoms. The number of allylic oxidation sites excluding steroid dienone is 1. The van der Waals surface area contributed by atoms with Gasteiger partial charge in [0.05, 0.1) is 6.26 Å². The Hall–Kier alpha value is -3.22. The summed E-state index contributed by atoms with van der Waals surface area (Å²) < 4.78 is 5.38. The Morgan fingerprint density at radius 3 is 2.87 bits per heavy atom. The Morgan fingerprint density at radius 2 is 2.17 bits per heavy atom. The lowest BCUT2D eigenvalue weighted by molar-refractivity contribution is 0.102. The molecule has 0 aliphatic heterocycles. The van der Waals surface area contributed by atoms with Crippen molar-refractivity contribution in [3.63, 3.8) is 0 Å². The van der Waals surface area contributed by atoms with Crippen molar-refractivity contribution in [3.05, 3.63) is 71.5 Å². The van der Waals surface area contributed by atoms with E-state index in [0.29, 0.717) is 6.42 Å². The van der Waals surface area contributed by atoms with Gasteiger partial charge in [0, 0.05) is 30.5 Å². The molecule has 0 aliphatic rings. The molecular formula is C16H14N4O3. The van der Waals surface area contributed by atoms with Crippen molar-refractivity contribution in [2.24, 2.45) is 0 Å². The number of aliphatic hydroxyl groups is 1. The van der Waals surface area contributed by atoms with Crippen molar-refractivity contribution in [2.45, 2.75) is 13.3 Å². The number of carbonyl (C=O) groups excluding carboxylic acids is 1. The molecule has 116 valence electrons. The highest BCUT2D eigenvalue weighted by atomic mass is 16.3. The van der Waals surface area contributed by atoms with Gasteiger partial charge in [-0.2, -0.15) is 5.10 Å². The largest absolute Gasteiger partial charge is 0.504 e. The highest BCUT2D eigenvalue weighted by Crippen LogP contribution is 2.22. The van der Waals surface area contributed by atoms with Crippen LogP contribution in [-0.2, 0) is 6.42 Å². The molecule has 7 nitrogen and oxygen atoms in total. The van der Waals surface area contributed by atoms with Gasteiger partial charge in [-0.25, -0.2) is 4.98 Å². The number of rotatable bonds is 5. The topological polar surface area (TPSA) is 105 Å². The van der Waals surface area contributed by atoms with E-state index in [9.17, 15) is 9.90 Å². The number of nitrogens with one attached hydrogen (secondary N) is 1. The maximum Gasteiger partial charge on any atom is 0.225 e. The molecule has 0 bridgehead atoms. The Labute approximate surface area is 131 Å². The van der Waals surface area contributed by atoms with Gasteiger partial charge in [-0.05, 0) is 30.2 Å². The summed E-state index contributed by atoms with van der Waals surface area (Å²) in [5, 5.41) is 16.0. The average Bonchev–Trinajstić information content (AvgIpc) is 3.19. The van der Waals surface area contributed by atoms with Crippen molar-refractivity contribution in [3.8, 4) is 0 Å². The third-order valence-corrected chi connectivity index (χ3v) is 3.38. The van der Waals surface area contributed by atoms with E-state index in [2.05, 4.69) is 20.2 Å². The maximum atomic E-state index is 12.4. The number of aliphatic hydroxyl groups excluding tert-OH is 1. The van der Waals surface area contributed by atoms with Gasteiger partial charge >= 0.3 is 0 Å². The molecule has 0 fully saturated rings. The van der Waals surface area contributed by atoms with Crippen LogP contribution in [0.15, 0.2) is 47.6 Å². The zero-order valence-electron chi connectivity index (χ0n) is 12.4. The number of ketones is 1. The quantitative estimate of drug-likeness (QED) is 0.426. The minimum atomic E-state index is -0.434. The zero-order chi connectivity index (χ0) is 16.2. The lowest BCUT2D eigenvalue weighted by Gasteiger charge is -2.02. The Kier molecular flexibility index (Phi) is 4.01. The van der Waals surface area contributed by atoms with Gasteiger partial charge in [-0.15, -0.1) is 0 Å². The van der Waals surface area contributed by atoms with Crippen molar-refractivity contribution in [1.82, 2.24) is 20.2 Å². The van der Waals surface area contributed by atoms with E-state index >= 15 is 0 Å². The summed E-state index contributed by atoms with van der Waals surface area (Å²) in [4.78, 5) is 20.1. The fraction of sp³-hybridized carbons (Fsp3) is 0.125. The van der Waals surface area contributed by atoms with Crippen LogP contribution in [0.1, 0.15) is 33.1 Å². The molecule has 3 aromatic rings. The maximum absolute atomic E-state index is 12.4. The van der Waals surface area contributed by atoms with E-state index in [0.717, 1.165) is 22.8 Å². The van der Waals surface area contributed by atoms with E-state index in [1.807, 2.05) is 19.1 Å². The first-order valence-corrected chi connectivity index (χ1v) is 6.91. The average molecular weight is 310 g/mol. The fourth-order valence-corrected chi connectivity index (χ4v) is 2.19. The van der Waals surface area contributed by atoms with Gasteiger partial charge in [-0.1, -0.05) is 0 Å². The molecule has 0 atom stereocenters. The minimum Gasteiger partial charge on any atom is -0.504 e. The fourth-order valence-electron chi connectivity index (χ4n) is 2.19. The lowest BCUT2D eigenvalue weighted by Crippen LogP contribution is -2.01. The van der Waals surface area contributed by atoms with Crippen LogP contribution >= 0.6 is 0 Å². The van der Waals surface area contributed by atoms with Crippen LogP contribution in [0.2, 0.25) is 0 Å². The van der Waals surface area contributed by atoms with Gasteiger partial charge in [-0.3, -0.25) is 14.9 Å². The minimum absolute atomic E-state index is 0.123. The third kappa shape index (κ3) is 3.18. The zero-order valence-corrected chi connectivity index (χ0v) is 12.4. The summed E-state index contributed by atoms with van der Waals surface area (Å²) in [6.45, 7) is 1.87. The van der Waals surface area contributed by atoms with Crippen LogP contribution in [-0.4, -0.2) is 31.1 Å². The summed E-state index contributed by atoms with van der Waals surface area (Å²) in [6.07, 6.45) is 7.78. The molecule has 2 N–H and O–H groups in total. The molecule has 23 heavy (non-hydrogen) atoms. The van der Waals surface area contributed by atoms with Crippen LogP contribution < -0.4 is 0 Å². The van der Waals surface area contributed by atoms with Gasteiger partial charge in [0.1, 0.15) is 6.33 Å². The molecule has 0 saturated carbocycles. The number of furan rings is 1. The molecular weight excluding hydrogens is 296 g/mol. The molecule has 0 aromatic carbocycles. The predicted octanol–water partition coefficient (Wildman–Crippen LogP) is 2.47. The molecule has 0 radical (unpaired) electrons. The van der Waals surface area contributed by atoms with Gasteiger partial charge in [0.15, 0.2) is 17.3 Å². The summed E-state index contributed by atoms with van der Waals surface area (Å²) in [7, 11) is 0. The normalized spacial score (nSPS) is 11.6. The molecule has 3 rings (SSSR count). The van der Waals surface area contributed by atoms with E-state index < -0.39 is 5.78 Å². The second-order valence-electron chi connectivity index (χ2n) is 4.99. The first-order valence-electron chi connectivity index (χ1n) is 6.91. The van der Waals surface area contributed by atoms with Crippen molar-refractivity contribution in [1.29, 1.82) is 0 Å². The summed E-state index contributed by atoms with van der Waals surface area (Å²) in [5.41, 5.74) is 2.67. The second-order valence-corrected chi connectivity index (χ2v) is 4.99. The first kappa shape index (κ1) is 14.7. The molecule has 3 aromatic heterocycles. The van der Waals surface area contributed by atoms with E-state index in [1.165, 1.54) is 12.6 Å². The second kappa shape index (κ2) is 6.27. The number of aromatic nitrogens is 4. The Morgan fingerprint density at radius 1 is 1.39 bits per heavy atom. The highest BCUT2D eigenvalue weighted by Gasteiger charge is 2.18. The Balaban J connectivity index is 1.89. The number of aryl methyl sites for hydroxylation is 1. The number of hydrogen-bond acceptors (Lipinski definition) is 6. The number of H-pyrrole nitrogens is 1. The summed E-state index contributed by atoms with van der Waals surface area (Å²) in [5.74, 6) is -0.407. The Bertz CT molecular complexity index is 836. The number of hydrogen-bond donors (Lipinski definition) is 2. The summed E-state index contributed by atoms with van der Waals surface area (Å²) >= 11 is 0. The summed E-state index contributed by atoms with van der Waals surface area (Å²) in [6, 6.07) is 3.76. The van der Waals surface area contributed by atoms with Gasteiger partial charge in [0.2, 0.25) is 5.78 Å². The van der Waals surface area contributed by atoms with Crippen LogP contribution in [0.3, 0.4) is 0 Å². The number of carbonyl (C=O) groups is 1. The van der Waals surface area contributed by atoms with E-state index in [4.69, 9.17) is 4.42 Å². The first-order chi connectivity index (χ1) is 11.1. The van der Waals surface area contributed by atoms with Gasteiger partial charge < -0.3 is 9.52 Å². The SMILES string of the molecule is Cc1coc(C(=O)C=C(O)c2ncn[nH]2)c1Cc1ccncc1.